The lowest BCUT2D eigenvalue weighted by atomic mass is 10.3. The van der Waals surface area contributed by atoms with Crippen molar-refractivity contribution >= 4 is 17.5 Å². The molecule has 0 bridgehead atoms. The van der Waals surface area contributed by atoms with Gasteiger partial charge in [-0.15, -0.1) is 0 Å². The van der Waals surface area contributed by atoms with Crippen molar-refractivity contribution in [1.82, 2.24) is 10.2 Å². The molecule has 0 fully saturated rings. The lowest BCUT2D eigenvalue weighted by molar-refractivity contribution is -0.122. The molecular weight excluding hydrogens is 304 g/mol. The molecule has 0 spiro atoms. The smallest absolute Gasteiger partial charge is 0.234 e. The van der Waals surface area contributed by atoms with E-state index in [-0.39, 0.29) is 5.91 Å². The summed E-state index contributed by atoms with van der Waals surface area (Å²) in [5.74, 6) is 1.52. The second-order valence-corrected chi connectivity index (χ2v) is 5.34. The van der Waals surface area contributed by atoms with E-state index in [9.17, 15) is 4.79 Å². The first-order valence-corrected chi connectivity index (χ1v) is 7.37. The average molecular weight is 323 g/mol. The van der Waals surface area contributed by atoms with E-state index in [1.165, 1.54) is 0 Å². The number of nitrogens with one attached hydrogen (secondary N) is 1. The van der Waals surface area contributed by atoms with E-state index in [1.807, 2.05) is 24.1 Å². The molecule has 0 unspecified atom stereocenters. The molecule has 6 heteroatoms. The fourth-order valence-corrected chi connectivity index (χ4v) is 2.04. The third-order valence-corrected chi connectivity index (χ3v) is 3.18. The molecule has 5 nitrogen and oxygen atoms in total. The van der Waals surface area contributed by atoms with Crippen LogP contribution in [-0.2, 0) is 11.3 Å². The van der Waals surface area contributed by atoms with Crippen LogP contribution in [0.15, 0.2) is 47.1 Å². The van der Waals surface area contributed by atoms with Gasteiger partial charge in [-0.05, 0) is 43.4 Å². The van der Waals surface area contributed by atoms with Crippen molar-refractivity contribution < 1.29 is 13.9 Å². The van der Waals surface area contributed by atoms with Crippen LogP contribution in [0.25, 0.3) is 0 Å². The number of hydrogen-bond donors (Lipinski definition) is 1. The Morgan fingerprint density at radius 2 is 2.09 bits per heavy atom. The minimum Gasteiger partial charge on any atom is -0.492 e. The number of benzene rings is 1. The number of rotatable bonds is 8. The van der Waals surface area contributed by atoms with Gasteiger partial charge in [-0.25, -0.2) is 0 Å². The molecule has 1 N–H and O–H groups in total. The first-order chi connectivity index (χ1) is 10.6. The van der Waals surface area contributed by atoms with Gasteiger partial charge < -0.3 is 14.5 Å². The zero-order valence-electron chi connectivity index (χ0n) is 12.4. The fraction of sp³-hybridized carbons (Fsp3) is 0.312. The Bertz CT molecular complexity index is 570. The summed E-state index contributed by atoms with van der Waals surface area (Å²) < 4.78 is 10.7. The van der Waals surface area contributed by atoms with Crippen LogP contribution < -0.4 is 10.1 Å². The number of halogens is 1. The van der Waals surface area contributed by atoms with Crippen molar-refractivity contribution in [2.24, 2.45) is 0 Å². The van der Waals surface area contributed by atoms with Gasteiger partial charge in [-0.3, -0.25) is 9.69 Å². The lowest BCUT2D eigenvalue weighted by Crippen LogP contribution is -2.36. The fourth-order valence-electron chi connectivity index (χ4n) is 1.92. The Morgan fingerprint density at radius 3 is 2.77 bits per heavy atom. The number of likely N-dealkylation sites (N-methyl/N-ethyl adjacent to an activating group) is 1. The summed E-state index contributed by atoms with van der Waals surface area (Å²) in [6, 6.07) is 10.8. The second-order valence-electron chi connectivity index (χ2n) is 4.90. The molecule has 0 aliphatic heterocycles. The molecule has 1 amide bonds. The second kappa shape index (κ2) is 8.46. The average Bonchev–Trinajstić information content (AvgIpc) is 2.98. The van der Waals surface area contributed by atoms with Gasteiger partial charge in [0.2, 0.25) is 5.91 Å². The number of amides is 1. The zero-order chi connectivity index (χ0) is 15.8. The van der Waals surface area contributed by atoms with Crippen LogP contribution in [-0.4, -0.2) is 37.6 Å². The summed E-state index contributed by atoms with van der Waals surface area (Å²) in [7, 11) is 1.87. The molecular formula is C16H19ClN2O3. The molecule has 0 radical (unpaired) electrons. The number of hydrogen-bond acceptors (Lipinski definition) is 4. The normalized spacial score (nSPS) is 10.7. The van der Waals surface area contributed by atoms with E-state index < -0.39 is 0 Å². The SMILES string of the molecule is CN(CC(=O)NCCOc1ccc(Cl)cc1)Cc1ccco1. The van der Waals surface area contributed by atoms with Gasteiger partial charge in [-0.1, -0.05) is 11.6 Å². The van der Waals surface area contributed by atoms with Gasteiger partial charge in [0.25, 0.3) is 0 Å². The summed E-state index contributed by atoms with van der Waals surface area (Å²) in [6.07, 6.45) is 1.62. The van der Waals surface area contributed by atoms with Crippen molar-refractivity contribution in [3.8, 4) is 5.75 Å². The largest absolute Gasteiger partial charge is 0.492 e. The molecule has 1 aromatic carbocycles. The predicted octanol–water partition coefficient (Wildman–Crippen LogP) is 2.56. The number of furan rings is 1. The van der Waals surface area contributed by atoms with E-state index in [4.69, 9.17) is 20.8 Å². The number of carbonyl (C=O) groups is 1. The quantitative estimate of drug-likeness (QED) is 0.759. The maximum atomic E-state index is 11.8. The van der Waals surface area contributed by atoms with Gasteiger partial charge in [0.1, 0.15) is 18.1 Å². The third kappa shape index (κ3) is 5.79. The monoisotopic (exact) mass is 322 g/mol. The van der Waals surface area contributed by atoms with Crippen LogP contribution in [0.4, 0.5) is 0 Å². The molecule has 0 saturated heterocycles. The van der Waals surface area contributed by atoms with E-state index in [1.54, 1.807) is 30.5 Å². The molecule has 2 rings (SSSR count). The Kier molecular flexibility index (Phi) is 6.30. The highest BCUT2D eigenvalue weighted by atomic mass is 35.5. The van der Waals surface area contributed by atoms with Crippen LogP contribution >= 0.6 is 11.6 Å². The van der Waals surface area contributed by atoms with Crippen LogP contribution in [0.5, 0.6) is 5.75 Å². The molecule has 22 heavy (non-hydrogen) atoms. The molecule has 0 aliphatic carbocycles. The van der Waals surface area contributed by atoms with Crippen molar-refractivity contribution in [3.63, 3.8) is 0 Å². The molecule has 0 atom stereocenters. The maximum absolute atomic E-state index is 11.8. The van der Waals surface area contributed by atoms with E-state index in [0.717, 1.165) is 11.5 Å². The summed E-state index contributed by atoms with van der Waals surface area (Å²) in [4.78, 5) is 13.7. The van der Waals surface area contributed by atoms with Crippen LogP contribution in [0.2, 0.25) is 5.02 Å². The molecule has 1 aromatic heterocycles. The maximum Gasteiger partial charge on any atom is 0.234 e. The van der Waals surface area contributed by atoms with E-state index in [0.29, 0.717) is 31.3 Å². The molecule has 2 aromatic rings. The Balaban J connectivity index is 1.60. The first kappa shape index (κ1) is 16.4. The topological polar surface area (TPSA) is 54.7 Å². The summed E-state index contributed by atoms with van der Waals surface area (Å²) in [5.41, 5.74) is 0. The van der Waals surface area contributed by atoms with Crippen LogP contribution in [0.1, 0.15) is 5.76 Å². The van der Waals surface area contributed by atoms with E-state index >= 15 is 0 Å². The van der Waals surface area contributed by atoms with Crippen LogP contribution in [0.3, 0.4) is 0 Å². The predicted molar refractivity (Wildman–Crippen MR) is 85.0 cm³/mol. The Hall–Kier alpha value is -1.98. The number of carbonyl (C=O) groups excluding carboxylic acids is 1. The van der Waals surface area contributed by atoms with Crippen molar-refractivity contribution in [2.75, 3.05) is 26.7 Å². The summed E-state index contributed by atoms with van der Waals surface area (Å²) >= 11 is 5.79. The van der Waals surface area contributed by atoms with Gasteiger partial charge in [0.15, 0.2) is 0 Å². The summed E-state index contributed by atoms with van der Waals surface area (Å²) in [6.45, 7) is 1.77. The number of ether oxygens (including phenoxy) is 1. The summed E-state index contributed by atoms with van der Waals surface area (Å²) in [5, 5.41) is 3.48. The zero-order valence-corrected chi connectivity index (χ0v) is 13.2. The number of nitrogens with zero attached hydrogens (tertiary/aromatic N) is 1. The van der Waals surface area contributed by atoms with Gasteiger partial charge >= 0.3 is 0 Å². The lowest BCUT2D eigenvalue weighted by Gasteiger charge is -2.15. The minimum atomic E-state index is -0.0474. The first-order valence-electron chi connectivity index (χ1n) is 6.99. The highest BCUT2D eigenvalue weighted by Gasteiger charge is 2.08. The van der Waals surface area contributed by atoms with Crippen molar-refractivity contribution in [1.29, 1.82) is 0 Å². The molecule has 1 heterocycles. The highest BCUT2D eigenvalue weighted by Crippen LogP contribution is 2.15. The van der Waals surface area contributed by atoms with E-state index in [2.05, 4.69) is 5.32 Å². The third-order valence-electron chi connectivity index (χ3n) is 2.93. The standard InChI is InChI=1S/C16H19ClN2O3/c1-19(11-15-3-2-9-21-15)12-16(20)18-8-10-22-14-6-4-13(17)5-7-14/h2-7,9H,8,10-12H2,1H3,(H,18,20). The minimum absolute atomic E-state index is 0.0474. The Morgan fingerprint density at radius 1 is 1.32 bits per heavy atom. The van der Waals surface area contributed by atoms with Crippen molar-refractivity contribution in [3.05, 3.63) is 53.4 Å². The molecule has 0 aliphatic rings. The molecule has 118 valence electrons. The highest BCUT2D eigenvalue weighted by molar-refractivity contribution is 6.30. The van der Waals surface area contributed by atoms with Gasteiger partial charge in [0, 0.05) is 5.02 Å². The Labute approximate surface area is 134 Å². The van der Waals surface area contributed by atoms with Gasteiger partial charge in [0.05, 0.1) is 25.9 Å². The van der Waals surface area contributed by atoms with Crippen LogP contribution in [0, 0.1) is 0 Å². The van der Waals surface area contributed by atoms with Crippen molar-refractivity contribution in [2.45, 2.75) is 6.54 Å². The van der Waals surface area contributed by atoms with Gasteiger partial charge in [-0.2, -0.15) is 0 Å². The molecule has 0 saturated carbocycles.